The summed E-state index contributed by atoms with van der Waals surface area (Å²) in [4.78, 5) is 24.6. The number of carbonyl (C=O) groups excluding carboxylic acids is 1. The van der Waals surface area contributed by atoms with Gasteiger partial charge in [-0.1, -0.05) is 30.3 Å². The van der Waals surface area contributed by atoms with E-state index in [1.54, 1.807) is 23.0 Å². The first-order valence-corrected chi connectivity index (χ1v) is 11.0. The van der Waals surface area contributed by atoms with Gasteiger partial charge in [0.2, 0.25) is 0 Å². The fourth-order valence-corrected chi connectivity index (χ4v) is 4.45. The number of aromatic nitrogens is 4. The van der Waals surface area contributed by atoms with Crippen LogP contribution in [0.5, 0.6) is 0 Å². The molecule has 0 spiro atoms. The van der Waals surface area contributed by atoms with Crippen LogP contribution in [0.25, 0.3) is 28.2 Å². The smallest absolute Gasteiger partial charge is 0.254 e. The molecule has 1 saturated heterocycles. The van der Waals surface area contributed by atoms with Gasteiger partial charge < -0.3 is 10.6 Å². The van der Waals surface area contributed by atoms with Crippen LogP contribution in [0.1, 0.15) is 36.5 Å². The monoisotopic (exact) mass is 426 g/mol. The summed E-state index contributed by atoms with van der Waals surface area (Å²) in [7, 11) is 0. The first-order chi connectivity index (χ1) is 15.6. The molecule has 0 radical (unpaired) electrons. The van der Waals surface area contributed by atoms with E-state index in [4.69, 9.17) is 10.7 Å². The van der Waals surface area contributed by atoms with Crippen LogP contribution in [0.3, 0.4) is 0 Å². The maximum atomic E-state index is 13.3. The number of carbonyl (C=O) groups is 1. The van der Waals surface area contributed by atoms with Crippen LogP contribution in [-0.2, 0) is 0 Å². The van der Waals surface area contributed by atoms with Crippen LogP contribution in [0.15, 0.2) is 67.1 Å². The van der Waals surface area contributed by atoms with Crippen LogP contribution in [0, 0.1) is 0 Å². The lowest BCUT2D eigenvalue weighted by molar-refractivity contribution is 0.0583. The van der Waals surface area contributed by atoms with Gasteiger partial charge in [-0.2, -0.15) is 5.10 Å². The highest BCUT2D eigenvalue weighted by Crippen LogP contribution is 2.27. The molecule has 1 amide bonds. The summed E-state index contributed by atoms with van der Waals surface area (Å²) in [5.41, 5.74) is 10.9. The van der Waals surface area contributed by atoms with Crippen molar-refractivity contribution in [1.29, 1.82) is 0 Å². The zero-order chi connectivity index (χ0) is 22.1. The van der Waals surface area contributed by atoms with Crippen molar-refractivity contribution in [1.82, 2.24) is 24.5 Å². The van der Waals surface area contributed by atoms with Crippen molar-refractivity contribution in [2.24, 2.45) is 5.73 Å². The zero-order valence-electron chi connectivity index (χ0n) is 18.1. The molecule has 0 saturated carbocycles. The van der Waals surface area contributed by atoms with E-state index < -0.39 is 0 Å². The Bertz CT molecular complexity index is 1250. The molecule has 162 valence electrons. The van der Waals surface area contributed by atoms with E-state index in [9.17, 15) is 4.79 Å². The topological polar surface area (TPSA) is 89.4 Å². The Hall–Kier alpha value is -3.58. The van der Waals surface area contributed by atoms with E-state index >= 15 is 0 Å². The van der Waals surface area contributed by atoms with E-state index in [-0.39, 0.29) is 18.0 Å². The molecule has 3 aromatic heterocycles. The van der Waals surface area contributed by atoms with Gasteiger partial charge in [0.1, 0.15) is 0 Å². The number of hydrogen-bond donors (Lipinski definition) is 1. The van der Waals surface area contributed by atoms with Crippen LogP contribution in [0.2, 0.25) is 0 Å². The molecule has 4 aromatic rings. The molecule has 2 N–H and O–H groups in total. The highest BCUT2D eigenvalue weighted by Gasteiger charge is 2.30. The normalized spacial score (nSPS) is 17.4. The Morgan fingerprint density at radius 2 is 1.97 bits per heavy atom. The average molecular weight is 427 g/mol. The van der Waals surface area contributed by atoms with Crippen molar-refractivity contribution in [2.75, 3.05) is 6.54 Å². The number of amides is 1. The Labute approximate surface area is 186 Å². The summed E-state index contributed by atoms with van der Waals surface area (Å²) in [6.45, 7) is 2.71. The third kappa shape index (κ3) is 3.76. The van der Waals surface area contributed by atoms with E-state index in [1.165, 1.54) is 0 Å². The van der Waals surface area contributed by atoms with Crippen molar-refractivity contribution in [3.63, 3.8) is 0 Å². The van der Waals surface area contributed by atoms with Crippen molar-refractivity contribution < 1.29 is 4.79 Å². The molecule has 1 aliphatic rings. The maximum Gasteiger partial charge on any atom is 0.254 e. The van der Waals surface area contributed by atoms with Gasteiger partial charge in [-0.3, -0.25) is 9.78 Å². The molecule has 1 aliphatic heterocycles. The lowest BCUT2D eigenvalue weighted by atomic mass is 9.96. The second-order valence-corrected chi connectivity index (χ2v) is 8.36. The number of fused-ring (bicyclic) bond motifs is 1. The van der Waals surface area contributed by atoms with Gasteiger partial charge in [-0.05, 0) is 44.4 Å². The molecular formula is C25H26N6O. The molecule has 0 bridgehead atoms. The minimum atomic E-state index is -0.0548. The summed E-state index contributed by atoms with van der Waals surface area (Å²) >= 11 is 0. The highest BCUT2D eigenvalue weighted by molar-refractivity contribution is 5.96. The standard InChI is InChI=1S/C25H26N6O/c1-17(26)23-9-5-6-13-30(23)25(32)19-10-12-27-22(15-19)20-16-28-31-14-11-21(29-24(20)31)18-7-3-2-4-8-18/h2-4,7-8,10-12,14-17,23H,5-6,9,13,26H2,1H3/t17?,23-/m0/s1. The minimum absolute atomic E-state index is 0.00468. The Balaban J connectivity index is 1.51. The lowest BCUT2D eigenvalue weighted by Crippen LogP contribution is -2.51. The molecule has 7 heteroatoms. The van der Waals surface area contributed by atoms with Gasteiger partial charge in [0.05, 0.1) is 23.1 Å². The molecule has 32 heavy (non-hydrogen) atoms. The first-order valence-electron chi connectivity index (χ1n) is 11.0. The summed E-state index contributed by atoms with van der Waals surface area (Å²) in [5.74, 6) is 0.00468. The van der Waals surface area contributed by atoms with Gasteiger partial charge in [-0.25, -0.2) is 9.50 Å². The van der Waals surface area contributed by atoms with Crippen LogP contribution < -0.4 is 5.73 Å². The van der Waals surface area contributed by atoms with Crippen LogP contribution in [-0.4, -0.2) is 49.0 Å². The van der Waals surface area contributed by atoms with Crippen molar-refractivity contribution in [3.8, 4) is 22.5 Å². The molecule has 1 unspecified atom stereocenters. The zero-order valence-corrected chi connectivity index (χ0v) is 18.1. The average Bonchev–Trinajstić information content (AvgIpc) is 3.27. The molecule has 0 aliphatic carbocycles. The van der Waals surface area contributed by atoms with E-state index in [0.717, 1.165) is 42.6 Å². The number of rotatable bonds is 4. The van der Waals surface area contributed by atoms with Gasteiger partial charge >= 0.3 is 0 Å². The largest absolute Gasteiger partial charge is 0.334 e. The van der Waals surface area contributed by atoms with Crippen molar-refractivity contribution in [3.05, 3.63) is 72.7 Å². The van der Waals surface area contributed by atoms with E-state index in [2.05, 4.69) is 10.1 Å². The molecule has 7 nitrogen and oxygen atoms in total. The van der Waals surface area contributed by atoms with E-state index in [1.807, 2.05) is 60.5 Å². The Morgan fingerprint density at radius 1 is 1.12 bits per heavy atom. The molecule has 1 aromatic carbocycles. The quantitative estimate of drug-likeness (QED) is 0.536. The number of benzene rings is 1. The summed E-state index contributed by atoms with van der Waals surface area (Å²) < 4.78 is 1.73. The molecule has 1 fully saturated rings. The fourth-order valence-electron chi connectivity index (χ4n) is 4.45. The predicted octanol–water partition coefficient (Wildman–Crippen LogP) is 3.80. The minimum Gasteiger partial charge on any atom is -0.334 e. The molecule has 2 atom stereocenters. The molecular weight excluding hydrogens is 400 g/mol. The number of pyridine rings is 1. The van der Waals surface area contributed by atoms with Crippen molar-refractivity contribution >= 4 is 11.6 Å². The van der Waals surface area contributed by atoms with Gasteiger partial charge in [-0.15, -0.1) is 0 Å². The Morgan fingerprint density at radius 3 is 2.78 bits per heavy atom. The second kappa shape index (κ2) is 8.51. The number of nitrogens with two attached hydrogens (primary N) is 1. The predicted molar refractivity (Wildman–Crippen MR) is 124 cm³/mol. The number of nitrogens with zero attached hydrogens (tertiary/aromatic N) is 5. The second-order valence-electron chi connectivity index (χ2n) is 8.36. The summed E-state index contributed by atoms with van der Waals surface area (Å²) in [5, 5.41) is 4.43. The van der Waals surface area contributed by atoms with Gasteiger partial charge in [0, 0.05) is 42.1 Å². The molecule has 5 rings (SSSR count). The van der Waals surface area contributed by atoms with Crippen molar-refractivity contribution in [2.45, 2.75) is 38.3 Å². The summed E-state index contributed by atoms with van der Waals surface area (Å²) in [6.07, 6.45) is 8.38. The highest BCUT2D eigenvalue weighted by atomic mass is 16.2. The number of hydrogen-bond acceptors (Lipinski definition) is 5. The van der Waals surface area contributed by atoms with Crippen LogP contribution >= 0.6 is 0 Å². The number of piperidine rings is 1. The SMILES string of the molecule is CC(N)[C@@H]1CCCCN1C(=O)c1ccnc(-c2cnn3ccc(-c4ccccc4)nc23)c1. The fraction of sp³-hybridized carbons (Fsp3) is 0.280. The third-order valence-corrected chi connectivity index (χ3v) is 6.14. The lowest BCUT2D eigenvalue weighted by Gasteiger charge is -2.38. The van der Waals surface area contributed by atoms with E-state index in [0.29, 0.717) is 16.9 Å². The van der Waals surface area contributed by atoms with Crippen LogP contribution in [0.4, 0.5) is 0 Å². The number of likely N-dealkylation sites (tertiary alicyclic amines) is 1. The summed E-state index contributed by atoms with van der Waals surface area (Å²) in [6, 6.07) is 15.6. The molecule has 4 heterocycles. The first kappa shape index (κ1) is 20.3. The Kier molecular flexibility index (Phi) is 5.41. The maximum absolute atomic E-state index is 13.3. The van der Waals surface area contributed by atoms with Gasteiger partial charge in [0.15, 0.2) is 5.65 Å². The van der Waals surface area contributed by atoms with Gasteiger partial charge in [0.25, 0.3) is 5.91 Å². The third-order valence-electron chi connectivity index (χ3n) is 6.14.